The fourth-order valence-electron chi connectivity index (χ4n) is 2.48. The van der Waals surface area contributed by atoms with Crippen molar-refractivity contribution in [2.24, 2.45) is 5.92 Å². The predicted octanol–water partition coefficient (Wildman–Crippen LogP) is 4.91. The third-order valence-electron chi connectivity index (χ3n) is 3.89. The average molecular weight is 335 g/mol. The first kappa shape index (κ1) is 15.5. The fraction of sp³-hybridized carbons (Fsp3) is 0.471. The second kappa shape index (κ2) is 7.19. The molecule has 108 valence electrons. The normalized spacial score (nSPS) is 14.4. The maximum Gasteiger partial charge on any atom is 0.0758 e. The number of rotatable bonds is 6. The zero-order valence-electron chi connectivity index (χ0n) is 12.5. The van der Waals surface area contributed by atoms with Crippen LogP contribution in [0, 0.1) is 5.92 Å². The van der Waals surface area contributed by atoms with Crippen molar-refractivity contribution >= 4 is 26.8 Å². The standard InChI is InChI=1S/C17H23BrN2/c1-4-12(2)10-13(3)20-11-14-7-8-16(18)15-6-5-9-19-17(14)15/h5-9,12-13,20H,4,10-11H2,1-3H3. The van der Waals surface area contributed by atoms with E-state index in [1.54, 1.807) is 0 Å². The van der Waals surface area contributed by atoms with Crippen molar-refractivity contribution in [3.05, 3.63) is 40.5 Å². The highest BCUT2D eigenvalue weighted by Gasteiger charge is 2.09. The van der Waals surface area contributed by atoms with E-state index in [4.69, 9.17) is 0 Å². The number of pyridine rings is 1. The quantitative estimate of drug-likeness (QED) is 0.811. The van der Waals surface area contributed by atoms with Crippen molar-refractivity contribution in [3.63, 3.8) is 0 Å². The highest BCUT2D eigenvalue weighted by atomic mass is 79.9. The van der Waals surface area contributed by atoms with Crippen molar-refractivity contribution in [3.8, 4) is 0 Å². The molecule has 1 aromatic heterocycles. The number of benzene rings is 1. The number of nitrogens with one attached hydrogen (secondary N) is 1. The molecule has 3 heteroatoms. The predicted molar refractivity (Wildman–Crippen MR) is 89.8 cm³/mol. The molecule has 2 atom stereocenters. The monoisotopic (exact) mass is 334 g/mol. The van der Waals surface area contributed by atoms with E-state index >= 15 is 0 Å². The maximum absolute atomic E-state index is 4.53. The Bertz CT molecular complexity index is 568. The lowest BCUT2D eigenvalue weighted by atomic mass is 10.00. The highest BCUT2D eigenvalue weighted by Crippen LogP contribution is 2.25. The van der Waals surface area contributed by atoms with E-state index in [1.165, 1.54) is 23.8 Å². The van der Waals surface area contributed by atoms with Crippen LogP contribution < -0.4 is 5.32 Å². The minimum Gasteiger partial charge on any atom is -0.310 e. The van der Waals surface area contributed by atoms with Gasteiger partial charge < -0.3 is 5.32 Å². The topological polar surface area (TPSA) is 24.9 Å². The number of fused-ring (bicyclic) bond motifs is 1. The van der Waals surface area contributed by atoms with Crippen LogP contribution in [0.5, 0.6) is 0 Å². The van der Waals surface area contributed by atoms with Gasteiger partial charge in [-0.3, -0.25) is 4.98 Å². The molecule has 0 aliphatic heterocycles. The molecule has 0 bridgehead atoms. The van der Waals surface area contributed by atoms with E-state index in [-0.39, 0.29) is 0 Å². The van der Waals surface area contributed by atoms with Crippen molar-refractivity contribution < 1.29 is 0 Å². The Balaban J connectivity index is 2.09. The van der Waals surface area contributed by atoms with Crippen LogP contribution >= 0.6 is 15.9 Å². The number of halogens is 1. The second-order valence-corrected chi connectivity index (χ2v) is 6.49. The summed E-state index contributed by atoms with van der Waals surface area (Å²) in [5.41, 5.74) is 2.35. The van der Waals surface area contributed by atoms with E-state index in [1.807, 2.05) is 12.3 Å². The summed E-state index contributed by atoms with van der Waals surface area (Å²) in [6.45, 7) is 7.71. The zero-order valence-corrected chi connectivity index (χ0v) is 14.1. The number of hydrogen-bond acceptors (Lipinski definition) is 2. The van der Waals surface area contributed by atoms with Gasteiger partial charge in [0.05, 0.1) is 5.52 Å². The Morgan fingerprint density at radius 2 is 2.05 bits per heavy atom. The van der Waals surface area contributed by atoms with E-state index in [9.17, 15) is 0 Å². The molecule has 1 N–H and O–H groups in total. The van der Waals surface area contributed by atoms with Gasteiger partial charge in [-0.2, -0.15) is 0 Å². The molecule has 1 heterocycles. The van der Waals surface area contributed by atoms with Crippen LogP contribution in [0.25, 0.3) is 10.9 Å². The Kier molecular flexibility index (Phi) is 5.55. The average Bonchev–Trinajstić information content (AvgIpc) is 2.46. The number of nitrogens with zero attached hydrogens (tertiary/aromatic N) is 1. The molecule has 0 amide bonds. The summed E-state index contributed by atoms with van der Waals surface area (Å²) in [5, 5.41) is 4.80. The molecular formula is C17H23BrN2. The zero-order chi connectivity index (χ0) is 14.5. The smallest absolute Gasteiger partial charge is 0.0758 e. The molecule has 1 aromatic carbocycles. The fourth-order valence-corrected chi connectivity index (χ4v) is 2.93. The van der Waals surface area contributed by atoms with Gasteiger partial charge in [-0.25, -0.2) is 0 Å². The third kappa shape index (κ3) is 3.80. The molecule has 0 saturated carbocycles. The molecule has 0 fully saturated rings. The Morgan fingerprint density at radius 3 is 2.80 bits per heavy atom. The molecule has 2 nitrogen and oxygen atoms in total. The van der Waals surface area contributed by atoms with E-state index in [0.29, 0.717) is 6.04 Å². The summed E-state index contributed by atoms with van der Waals surface area (Å²) in [5.74, 6) is 0.775. The van der Waals surface area contributed by atoms with Gasteiger partial charge in [0.1, 0.15) is 0 Å². The van der Waals surface area contributed by atoms with Crippen LogP contribution in [0.15, 0.2) is 34.9 Å². The Morgan fingerprint density at radius 1 is 1.25 bits per heavy atom. The summed E-state index contributed by atoms with van der Waals surface area (Å²) in [4.78, 5) is 4.53. The van der Waals surface area contributed by atoms with Gasteiger partial charge in [-0.15, -0.1) is 0 Å². The lowest BCUT2D eigenvalue weighted by Gasteiger charge is -2.18. The molecule has 2 unspecified atom stereocenters. The summed E-state index contributed by atoms with van der Waals surface area (Å²) in [6.07, 6.45) is 4.33. The first-order chi connectivity index (χ1) is 9.61. The van der Waals surface area contributed by atoms with E-state index in [2.05, 4.69) is 65.2 Å². The van der Waals surface area contributed by atoms with Gasteiger partial charge in [0.2, 0.25) is 0 Å². The Labute approximate surface area is 130 Å². The summed E-state index contributed by atoms with van der Waals surface area (Å²) >= 11 is 3.59. The van der Waals surface area contributed by atoms with Crippen LogP contribution in [0.3, 0.4) is 0 Å². The first-order valence-electron chi connectivity index (χ1n) is 7.37. The van der Waals surface area contributed by atoms with E-state index < -0.39 is 0 Å². The minimum absolute atomic E-state index is 0.535. The number of hydrogen-bond donors (Lipinski definition) is 1. The maximum atomic E-state index is 4.53. The lowest BCUT2D eigenvalue weighted by molar-refractivity contribution is 0.412. The van der Waals surface area contributed by atoms with Gasteiger partial charge in [0.25, 0.3) is 0 Å². The van der Waals surface area contributed by atoms with Crippen LogP contribution in [0.1, 0.15) is 39.2 Å². The van der Waals surface area contributed by atoms with Gasteiger partial charge in [-0.1, -0.05) is 48.3 Å². The Hall–Kier alpha value is -0.930. The van der Waals surface area contributed by atoms with Crippen molar-refractivity contribution in [1.29, 1.82) is 0 Å². The van der Waals surface area contributed by atoms with Crippen LogP contribution in [-0.2, 0) is 6.54 Å². The molecule has 0 aliphatic rings. The van der Waals surface area contributed by atoms with Crippen LogP contribution in [-0.4, -0.2) is 11.0 Å². The summed E-state index contributed by atoms with van der Waals surface area (Å²) in [7, 11) is 0. The number of aromatic nitrogens is 1. The van der Waals surface area contributed by atoms with Crippen LogP contribution in [0.4, 0.5) is 0 Å². The lowest BCUT2D eigenvalue weighted by Crippen LogP contribution is -2.27. The minimum atomic E-state index is 0.535. The molecule has 2 aromatic rings. The SMILES string of the molecule is CCC(C)CC(C)NCc1ccc(Br)c2cccnc12. The molecule has 0 spiro atoms. The molecule has 0 aliphatic carbocycles. The van der Waals surface area contributed by atoms with Crippen molar-refractivity contribution in [1.82, 2.24) is 10.3 Å². The molecule has 20 heavy (non-hydrogen) atoms. The van der Waals surface area contributed by atoms with Gasteiger partial charge in [0.15, 0.2) is 0 Å². The highest BCUT2D eigenvalue weighted by molar-refractivity contribution is 9.10. The van der Waals surface area contributed by atoms with Crippen LogP contribution in [0.2, 0.25) is 0 Å². The molecular weight excluding hydrogens is 312 g/mol. The van der Waals surface area contributed by atoms with Gasteiger partial charge >= 0.3 is 0 Å². The van der Waals surface area contributed by atoms with Crippen molar-refractivity contribution in [2.75, 3.05) is 0 Å². The molecule has 2 rings (SSSR count). The van der Waals surface area contributed by atoms with Gasteiger partial charge in [0, 0.05) is 28.6 Å². The summed E-state index contributed by atoms with van der Waals surface area (Å²) in [6, 6.07) is 8.89. The van der Waals surface area contributed by atoms with E-state index in [0.717, 1.165) is 22.5 Å². The molecule has 0 radical (unpaired) electrons. The largest absolute Gasteiger partial charge is 0.310 e. The summed E-state index contributed by atoms with van der Waals surface area (Å²) < 4.78 is 1.11. The third-order valence-corrected chi connectivity index (χ3v) is 4.59. The van der Waals surface area contributed by atoms with Crippen molar-refractivity contribution in [2.45, 2.75) is 46.2 Å². The van der Waals surface area contributed by atoms with Gasteiger partial charge in [-0.05, 0) is 37.0 Å². The second-order valence-electron chi connectivity index (χ2n) is 5.64. The first-order valence-corrected chi connectivity index (χ1v) is 8.16. The molecule has 0 saturated heterocycles.